The Balaban J connectivity index is 2.13. The summed E-state index contributed by atoms with van der Waals surface area (Å²) in [5.41, 5.74) is 1.59. The van der Waals surface area contributed by atoms with E-state index in [1.807, 2.05) is 20.8 Å². The number of nitrogens with one attached hydrogen (secondary N) is 2. The lowest BCUT2D eigenvalue weighted by molar-refractivity contribution is 0.225. The van der Waals surface area contributed by atoms with E-state index in [1.54, 1.807) is 0 Å². The normalized spacial score (nSPS) is 25.4. The van der Waals surface area contributed by atoms with Crippen LogP contribution >= 0.6 is 0 Å². The van der Waals surface area contributed by atoms with Crippen molar-refractivity contribution in [1.29, 1.82) is 0 Å². The fourth-order valence-electron chi connectivity index (χ4n) is 2.72. The summed E-state index contributed by atoms with van der Waals surface area (Å²) < 4.78 is 0. The summed E-state index contributed by atoms with van der Waals surface area (Å²) in [7, 11) is 0. The van der Waals surface area contributed by atoms with E-state index in [4.69, 9.17) is 0 Å². The first-order valence-electron chi connectivity index (χ1n) is 6.31. The van der Waals surface area contributed by atoms with Crippen molar-refractivity contribution in [2.45, 2.75) is 52.6 Å². The molecule has 0 saturated heterocycles. The topological polar surface area (TPSA) is 57.8 Å². The summed E-state index contributed by atoms with van der Waals surface area (Å²) in [5.74, 6) is 1.50. The summed E-state index contributed by atoms with van der Waals surface area (Å²) in [6.45, 7) is 8.01. The average molecular weight is 235 g/mol. The molecular weight excluding hydrogens is 214 g/mol. The van der Waals surface area contributed by atoms with Crippen molar-refractivity contribution in [2.24, 2.45) is 5.92 Å². The van der Waals surface area contributed by atoms with Gasteiger partial charge in [0.25, 0.3) is 5.56 Å². The highest BCUT2D eigenvalue weighted by Crippen LogP contribution is 2.28. The predicted octanol–water partition coefficient (Wildman–Crippen LogP) is 1.84. The van der Waals surface area contributed by atoms with Gasteiger partial charge in [0.05, 0.1) is 5.56 Å². The standard InChI is InChI=1S/C13H21N3O/c1-7-5-11(6-7)15-9(3)12-8(2)14-10(4)16-13(12)17/h7,9,11,15H,5-6H2,1-4H3,(H,14,16,17). The predicted molar refractivity (Wildman–Crippen MR) is 68.1 cm³/mol. The number of aryl methyl sites for hydroxylation is 2. The summed E-state index contributed by atoms with van der Waals surface area (Å²) >= 11 is 0. The Bertz CT molecular complexity index is 460. The van der Waals surface area contributed by atoms with Gasteiger partial charge in [-0.05, 0) is 39.5 Å². The van der Waals surface area contributed by atoms with E-state index >= 15 is 0 Å². The highest BCUT2D eigenvalue weighted by Gasteiger charge is 2.27. The molecule has 1 atom stereocenters. The van der Waals surface area contributed by atoms with Gasteiger partial charge < -0.3 is 10.3 Å². The van der Waals surface area contributed by atoms with E-state index in [2.05, 4.69) is 22.2 Å². The minimum absolute atomic E-state index is 0.0117. The van der Waals surface area contributed by atoms with E-state index < -0.39 is 0 Å². The number of H-pyrrole nitrogens is 1. The Morgan fingerprint density at radius 3 is 2.59 bits per heavy atom. The van der Waals surface area contributed by atoms with Crippen molar-refractivity contribution in [3.8, 4) is 0 Å². The molecule has 2 rings (SSSR count). The Morgan fingerprint density at radius 1 is 1.41 bits per heavy atom. The maximum absolute atomic E-state index is 11.9. The van der Waals surface area contributed by atoms with Gasteiger partial charge in [0.2, 0.25) is 0 Å². The van der Waals surface area contributed by atoms with Gasteiger partial charge in [0, 0.05) is 17.8 Å². The highest BCUT2D eigenvalue weighted by molar-refractivity contribution is 5.20. The van der Waals surface area contributed by atoms with Crippen molar-refractivity contribution in [2.75, 3.05) is 0 Å². The highest BCUT2D eigenvalue weighted by atomic mass is 16.1. The lowest BCUT2D eigenvalue weighted by Crippen LogP contribution is -2.42. The Hall–Kier alpha value is -1.16. The fourth-order valence-corrected chi connectivity index (χ4v) is 2.72. The molecule has 0 amide bonds. The molecule has 0 bridgehead atoms. The third-order valence-electron chi connectivity index (χ3n) is 3.56. The first-order chi connectivity index (χ1) is 7.97. The third-order valence-corrected chi connectivity index (χ3v) is 3.56. The third kappa shape index (κ3) is 2.57. The number of nitrogens with zero attached hydrogens (tertiary/aromatic N) is 1. The molecule has 0 radical (unpaired) electrons. The van der Waals surface area contributed by atoms with Gasteiger partial charge in [0.1, 0.15) is 5.82 Å². The molecule has 1 aliphatic carbocycles. The van der Waals surface area contributed by atoms with Crippen molar-refractivity contribution >= 4 is 0 Å². The van der Waals surface area contributed by atoms with Crippen LogP contribution in [0.15, 0.2) is 4.79 Å². The van der Waals surface area contributed by atoms with Crippen LogP contribution in [0.1, 0.15) is 49.8 Å². The van der Waals surface area contributed by atoms with Gasteiger partial charge in [-0.1, -0.05) is 6.92 Å². The molecule has 1 aromatic rings. The molecule has 1 heterocycles. The molecule has 1 unspecified atom stereocenters. The van der Waals surface area contributed by atoms with E-state index in [-0.39, 0.29) is 11.6 Å². The Kier molecular flexibility index (Phi) is 3.33. The minimum Gasteiger partial charge on any atom is -0.310 e. The molecule has 17 heavy (non-hydrogen) atoms. The number of hydrogen-bond donors (Lipinski definition) is 2. The molecule has 1 fully saturated rings. The Labute approximate surface area is 102 Å². The van der Waals surface area contributed by atoms with Crippen LogP contribution in [0, 0.1) is 19.8 Å². The summed E-state index contributed by atoms with van der Waals surface area (Å²) in [4.78, 5) is 19.0. The SMILES string of the molecule is Cc1nc(C)c(C(C)NC2CC(C)C2)c(=O)[nH]1. The van der Waals surface area contributed by atoms with Crippen LogP contribution in [0.3, 0.4) is 0 Å². The minimum atomic E-state index is -0.0117. The van der Waals surface area contributed by atoms with Gasteiger partial charge in [-0.2, -0.15) is 0 Å². The summed E-state index contributed by atoms with van der Waals surface area (Å²) in [6, 6.07) is 0.629. The zero-order valence-electron chi connectivity index (χ0n) is 11.0. The first kappa shape index (κ1) is 12.3. The van der Waals surface area contributed by atoms with Gasteiger partial charge in [-0.15, -0.1) is 0 Å². The van der Waals surface area contributed by atoms with Crippen molar-refractivity contribution in [3.05, 3.63) is 27.4 Å². The molecular formula is C13H21N3O. The molecule has 0 spiro atoms. The number of hydrogen-bond acceptors (Lipinski definition) is 3. The van der Waals surface area contributed by atoms with E-state index in [0.717, 1.165) is 17.2 Å². The average Bonchev–Trinajstić information content (AvgIpc) is 2.13. The van der Waals surface area contributed by atoms with Gasteiger partial charge in [-0.25, -0.2) is 4.98 Å². The van der Waals surface area contributed by atoms with E-state index in [1.165, 1.54) is 12.8 Å². The number of rotatable bonds is 3. The van der Waals surface area contributed by atoms with Crippen LogP contribution in [0.25, 0.3) is 0 Å². The molecule has 4 heteroatoms. The van der Waals surface area contributed by atoms with Crippen molar-refractivity contribution < 1.29 is 0 Å². The van der Waals surface area contributed by atoms with Crippen LogP contribution in [0.5, 0.6) is 0 Å². The zero-order valence-corrected chi connectivity index (χ0v) is 11.0. The van der Waals surface area contributed by atoms with Crippen LogP contribution in [0.2, 0.25) is 0 Å². The second-order valence-electron chi connectivity index (χ2n) is 5.31. The molecule has 0 aromatic carbocycles. The van der Waals surface area contributed by atoms with Crippen LogP contribution in [-0.2, 0) is 0 Å². The molecule has 1 aliphatic rings. The van der Waals surface area contributed by atoms with Gasteiger partial charge >= 0.3 is 0 Å². The summed E-state index contributed by atoms with van der Waals surface area (Å²) in [6.07, 6.45) is 2.42. The van der Waals surface area contributed by atoms with E-state index in [0.29, 0.717) is 11.9 Å². The van der Waals surface area contributed by atoms with Crippen LogP contribution in [-0.4, -0.2) is 16.0 Å². The van der Waals surface area contributed by atoms with Crippen molar-refractivity contribution in [3.63, 3.8) is 0 Å². The molecule has 1 aromatic heterocycles. The number of aromatic amines is 1. The van der Waals surface area contributed by atoms with Crippen LogP contribution < -0.4 is 10.9 Å². The summed E-state index contributed by atoms with van der Waals surface area (Å²) in [5, 5.41) is 3.50. The van der Waals surface area contributed by atoms with Gasteiger partial charge in [0.15, 0.2) is 0 Å². The molecule has 94 valence electrons. The largest absolute Gasteiger partial charge is 0.310 e. The number of aromatic nitrogens is 2. The second-order valence-corrected chi connectivity index (χ2v) is 5.31. The second kappa shape index (κ2) is 4.61. The molecule has 0 aliphatic heterocycles. The van der Waals surface area contributed by atoms with Gasteiger partial charge in [-0.3, -0.25) is 4.79 Å². The lowest BCUT2D eigenvalue weighted by atomic mass is 9.81. The first-order valence-corrected chi connectivity index (χ1v) is 6.31. The maximum atomic E-state index is 11.9. The zero-order chi connectivity index (χ0) is 12.6. The molecule has 1 saturated carbocycles. The Morgan fingerprint density at radius 2 is 2.06 bits per heavy atom. The lowest BCUT2D eigenvalue weighted by Gasteiger charge is -2.35. The van der Waals surface area contributed by atoms with E-state index in [9.17, 15) is 4.79 Å². The smallest absolute Gasteiger partial charge is 0.255 e. The quantitative estimate of drug-likeness (QED) is 0.840. The molecule has 4 nitrogen and oxygen atoms in total. The van der Waals surface area contributed by atoms with Crippen LogP contribution in [0.4, 0.5) is 0 Å². The fraction of sp³-hybridized carbons (Fsp3) is 0.692. The van der Waals surface area contributed by atoms with Crippen molar-refractivity contribution in [1.82, 2.24) is 15.3 Å². The maximum Gasteiger partial charge on any atom is 0.255 e. The monoisotopic (exact) mass is 235 g/mol. The molecule has 2 N–H and O–H groups in total.